The largest absolute Gasteiger partial charge is 0.342 e. The zero-order valence-electron chi connectivity index (χ0n) is 10.4. The quantitative estimate of drug-likeness (QED) is 0.801. The van der Waals surface area contributed by atoms with Gasteiger partial charge in [0.25, 0.3) is 0 Å². The normalized spacial score (nSPS) is 16.3. The third-order valence-corrected chi connectivity index (χ3v) is 2.69. The molecule has 0 atom stereocenters. The van der Waals surface area contributed by atoms with Gasteiger partial charge in [-0.05, 0) is 23.8 Å². The lowest BCUT2D eigenvalue weighted by atomic mass is 9.92. The molecule has 0 saturated carbocycles. The summed E-state index contributed by atoms with van der Waals surface area (Å²) >= 11 is 0. The highest BCUT2D eigenvalue weighted by molar-refractivity contribution is 5.65. The number of imidazole rings is 1. The maximum atomic E-state index is 4.46. The van der Waals surface area contributed by atoms with Crippen LogP contribution >= 0.6 is 0 Å². The minimum Gasteiger partial charge on any atom is -0.342 e. The fraction of sp³-hybridized carbons (Fsp3) is 0.500. The standard InChI is InChI=1S/C14H20N2/c1-14(2,3)9-13-15-10-12(16-13)11-7-5-4-6-8-11/h4-5,7,10H,6,8-9H2,1-3H3,(H,15,16). The van der Waals surface area contributed by atoms with Crippen molar-refractivity contribution in [2.45, 2.75) is 40.0 Å². The van der Waals surface area contributed by atoms with Gasteiger partial charge in [-0.1, -0.05) is 39.0 Å². The number of nitrogens with zero attached hydrogens (tertiary/aromatic N) is 1. The summed E-state index contributed by atoms with van der Waals surface area (Å²) in [6, 6.07) is 0. The zero-order chi connectivity index (χ0) is 11.6. The van der Waals surface area contributed by atoms with Gasteiger partial charge in [-0.15, -0.1) is 0 Å². The predicted octanol–water partition coefficient (Wildman–Crippen LogP) is 3.73. The van der Waals surface area contributed by atoms with E-state index in [0.29, 0.717) is 0 Å². The Bertz CT molecular complexity index is 416. The monoisotopic (exact) mass is 216 g/mol. The Balaban J connectivity index is 2.13. The predicted molar refractivity (Wildman–Crippen MR) is 68.1 cm³/mol. The number of aromatic nitrogens is 2. The van der Waals surface area contributed by atoms with Gasteiger partial charge < -0.3 is 4.98 Å². The van der Waals surface area contributed by atoms with E-state index in [-0.39, 0.29) is 5.41 Å². The summed E-state index contributed by atoms with van der Waals surface area (Å²) in [7, 11) is 0. The van der Waals surface area contributed by atoms with Gasteiger partial charge in [0, 0.05) is 6.42 Å². The van der Waals surface area contributed by atoms with E-state index in [4.69, 9.17) is 0 Å². The summed E-state index contributed by atoms with van der Waals surface area (Å²) in [6.45, 7) is 6.70. The van der Waals surface area contributed by atoms with Crippen LogP contribution in [-0.4, -0.2) is 9.97 Å². The van der Waals surface area contributed by atoms with Crippen LogP contribution in [0.1, 0.15) is 45.1 Å². The van der Waals surface area contributed by atoms with Crippen LogP contribution in [0, 0.1) is 5.41 Å². The molecule has 0 amide bonds. The van der Waals surface area contributed by atoms with Crippen LogP contribution in [-0.2, 0) is 6.42 Å². The van der Waals surface area contributed by atoms with Gasteiger partial charge in [-0.3, -0.25) is 0 Å². The van der Waals surface area contributed by atoms with Gasteiger partial charge >= 0.3 is 0 Å². The van der Waals surface area contributed by atoms with E-state index in [0.717, 1.165) is 25.1 Å². The molecule has 1 aromatic heterocycles. The Morgan fingerprint density at radius 2 is 2.19 bits per heavy atom. The molecule has 2 nitrogen and oxygen atoms in total. The molecule has 0 fully saturated rings. The molecule has 1 heterocycles. The van der Waals surface area contributed by atoms with Crippen LogP contribution in [0.3, 0.4) is 0 Å². The molecule has 0 radical (unpaired) electrons. The van der Waals surface area contributed by atoms with Crippen molar-refractivity contribution in [2.24, 2.45) is 5.41 Å². The molecule has 0 spiro atoms. The molecule has 16 heavy (non-hydrogen) atoms. The van der Waals surface area contributed by atoms with Crippen LogP contribution < -0.4 is 0 Å². The lowest BCUT2D eigenvalue weighted by Gasteiger charge is -2.15. The van der Waals surface area contributed by atoms with E-state index in [1.165, 1.54) is 11.3 Å². The molecule has 1 aromatic rings. The summed E-state index contributed by atoms with van der Waals surface area (Å²) in [5.74, 6) is 1.10. The van der Waals surface area contributed by atoms with Crippen molar-refractivity contribution in [3.05, 3.63) is 35.9 Å². The molecule has 0 aromatic carbocycles. The van der Waals surface area contributed by atoms with Gasteiger partial charge in [-0.2, -0.15) is 0 Å². The molecule has 1 aliphatic rings. The third kappa shape index (κ3) is 2.84. The number of H-pyrrole nitrogens is 1. The Morgan fingerprint density at radius 1 is 1.38 bits per heavy atom. The van der Waals surface area contributed by atoms with E-state index in [1.807, 2.05) is 6.20 Å². The van der Waals surface area contributed by atoms with E-state index in [1.54, 1.807) is 0 Å². The van der Waals surface area contributed by atoms with Gasteiger partial charge in [0.1, 0.15) is 5.82 Å². The summed E-state index contributed by atoms with van der Waals surface area (Å²) < 4.78 is 0. The van der Waals surface area contributed by atoms with Crippen LogP contribution in [0.25, 0.3) is 5.57 Å². The van der Waals surface area contributed by atoms with Crippen LogP contribution in [0.2, 0.25) is 0 Å². The number of hydrogen-bond acceptors (Lipinski definition) is 1. The Labute approximate surface area is 97.5 Å². The topological polar surface area (TPSA) is 28.7 Å². The molecular formula is C14H20N2. The maximum Gasteiger partial charge on any atom is 0.107 e. The minimum absolute atomic E-state index is 0.288. The van der Waals surface area contributed by atoms with Crippen LogP contribution in [0.15, 0.2) is 24.4 Å². The van der Waals surface area contributed by atoms with Crippen LogP contribution in [0.4, 0.5) is 0 Å². The first-order valence-electron chi connectivity index (χ1n) is 5.94. The van der Waals surface area contributed by atoms with Crippen molar-refractivity contribution in [3.63, 3.8) is 0 Å². The van der Waals surface area contributed by atoms with Crippen molar-refractivity contribution in [3.8, 4) is 0 Å². The molecule has 0 bridgehead atoms. The Kier molecular flexibility index (Phi) is 2.99. The smallest absolute Gasteiger partial charge is 0.107 e. The van der Waals surface area contributed by atoms with E-state index in [2.05, 4.69) is 49.0 Å². The first-order chi connectivity index (χ1) is 7.54. The molecule has 0 saturated heterocycles. The van der Waals surface area contributed by atoms with Gasteiger partial charge in [-0.25, -0.2) is 4.98 Å². The number of aromatic amines is 1. The van der Waals surface area contributed by atoms with Crippen molar-refractivity contribution in [1.29, 1.82) is 0 Å². The number of allylic oxidation sites excluding steroid dienone is 4. The van der Waals surface area contributed by atoms with Crippen LogP contribution in [0.5, 0.6) is 0 Å². The van der Waals surface area contributed by atoms with E-state index in [9.17, 15) is 0 Å². The Hall–Kier alpha value is -1.31. The molecule has 2 rings (SSSR count). The molecule has 2 heteroatoms. The van der Waals surface area contributed by atoms with Gasteiger partial charge in [0.2, 0.25) is 0 Å². The average Bonchev–Trinajstić information content (AvgIpc) is 2.65. The molecule has 1 aliphatic carbocycles. The second-order valence-corrected chi connectivity index (χ2v) is 5.64. The molecule has 86 valence electrons. The number of nitrogens with one attached hydrogen (secondary N) is 1. The maximum absolute atomic E-state index is 4.46. The lowest BCUT2D eigenvalue weighted by Crippen LogP contribution is -2.10. The summed E-state index contributed by atoms with van der Waals surface area (Å²) in [6.07, 6.45) is 11.7. The Morgan fingerprint density at radius 3 is 2.81 bits per heavy atom. The van der Waals surface area contributed by atoms with Gasteiger partial charge in [0.15, 0.2) is 0 Å². The van der Waals surface area contributed by atoms with Crippen molar-refractivity contribution in [2.75, 3.05) is 0 Å². The van der Waals surface area contributed by atoms with Crippen molar-refractivity contribution >= 4 is 5.57 Å². The fourth-order valence-electron chi connectivity index (χ4n) is 1.94. The highest BCUT2D eigenvalue weighted by Crippen LogP contribution is 2.24. The van der Waals surface area contributed by atoms with Gasteiger partial charge in [0.05, 0.1) is 11.9 Å². The fourth-order valence-corrected chi connectivity index (χ4v) is 1.94. The van der Waals surface area contributed by atoms with E-state index < -0.39 is 0 Å². The van der Waals surface area contributed by atoms with Crippen molar-refractivity contribution in [1.82, 2.24) is 9.97 Å². The number of rotatable bonds is 2. The second kappa shape index (κ2) is 4.28. The zero-order valence-corrected chi connectivity index (χ0v) is 10.4. The highest BCUT2D eigenvalue weighted by atomic mass is 14.9. The third-order valence-electron chi connectivity index (χ3n) is 2.69. The first kappa shape index (κ1) is 11.2. The summed E-state index contributed by atoms with van der Waals surface area (Å²) in [5, 5.41) is 0. The average molecular weight is 216 g/mol. The SMILES string of the molecule is CC(C)(C)Cc1ncc(C2=CC=CCC2)[nH]1. The molecule has 0 aliphatic heterocycles. The molecule has 1 N–H and O–H groups in total. The van der Waals surface area contributed by atoms with Crippen molar-refractivity contribution < 1.29 is 0 Å². The van der Waals surface area contributed by atoms with E-state index >= 15 is 0 Å². The lowest BCUT2D eigenvalue weighted by molar-refractivity contribution is 0.402. The summed E-state index contributed by atoms with van der Waals surface area (Å²) in [4.78, 5) is 7.88. The minimum atomic E-state index is 0.288. The number of hydrogen-bond donors (Lipinski definition) is 1. The molecule has 0 unspecified atom stereocenters. The molecular weight excluding hydrogens is 196 g/mol. The summed E-state index contributed by atoms with van der Waals surface area (Å²) in [5.41, 5.74) is 2.84. The first-order valence-corrected chi connectivity index (χ1v) is 5.94. The highest BCUT2D eigenvalue weighted by Gasteiger charge is 2.14. The second-order valence-electron chi connectivity index (χ2n) is 5.64.